The fourth-order valence-electron chi connectivity index (χ4n) is 3.94. The molecule has 1 fully saturated rings. The van der Waals surface area contributed by atoms with Crippen molar-refractivity contribution < 1.29 is 13.6 Å². The van der Waals surface area contributed by atoms with Gasteiger partial charge in [-0.25, -0.2) is 13.8 Å². The maximum atomic E-state index is 13.7. The molecule has 1 saturated heterocycles. The summed E-state index contributed by atoms with van der Waals surface area (Å²) in [6, 6.07) is 11.1. The van der Waals surface area contributed by atoms with E-state index in [1.165, 1.54) is 18.2 Å². The lowest BCUT2D eigenvalue weighted by Gasteiger charge is -2.33. The first kappa shape index (κ1) is 18.6. The number of piperidine rings is 1. The van der Waals surface area contributed by atoms with E-state index in [1.54, 1.807) is 24.3 Å². The number of hydrogen-bond acceptors (Lipinski definition) is 3. The van der Waals surface area contributed by atoms with Crippen molar-refractivity contribution in [3.63, 3.8) is 0 Å². The normalized spacial score (nSPS) is 15.8. The second kappa shape index (κ2) is 7.67. The molecule has 0 aliphatic carbocycles. The smallest absolute Gasteiger partial charge is 0.238 e. The number of carbonyl (C=O) groups is 1. The van der Waals surface area contributed by atoms with Gasteiger partial charge in [0.1, 0.15) is 17.5 Å². The molecule has 7 heteroatoms. The first-order valence-corrected chi connectivity index (χ1v) is 9.42. The van der Waals surface area contributed by atoms with Gasteiger partial charge in [0, 0.05) is 25.2 Å². The molecule has 1 aliphatic heterocycles. The predicted molar refractivity (Wildman–Crippen MR) is 104 cm³/mol. The summed E-state index contributed by atoms with van der Waals surface area (Å²) < 4.78 is 29.3. The topological polar surface area (TPSA) is 50.2 Å². The van der Waals surface area contributed by atoms with Gasteiger partial charge in [0.15, 0.2) is 0 Å². The number of aryl methyl sites for hydroxylation is 1. The molecular weight excluding hydrogens is 362 g/mol. The average Bonchev–Trinajstić information content (AvgIpc) is 2.99. The summed E-state index contributed by atoms with van der Waals surface area (Å²) in [4.78, 5) is 18.8. The Morgan fingerprint density at radius 2 is 1.93 bits per heavy atom. The number of para-hydroxylation sites is 1. The van der Waals surface area contributed by atoms with E-state index >= 15 is 0 Å². The van der Waals surface area contributed by atoms with Gasteiger partial charge in [-0.1, -0.05) is 12.1 Å². The molecule has 28 heavy (non-hydrogen) atoms. The molecule has 1 aliphatic rings. The van der Waals surface area contributed by atoms with E-state index in [1.807, 2.05) is 6.92 Å². The standard InChI is InChI=1S/C21H22F2N4O/c1-14-24-19-12-15(22)6-7-20(19)27(14)16-8-10-26(11-9-16)13-21(28)25-18-5-3-2-4-17(18)23/h2-7,12,16H,8-11,13H2,1H3,(H,25,28). The zero-order valence-electron chi connectivity index (χ0n) is 15.7. The maximum Gasteiger partial charge on any atom is 0.238 e. The number of fused-ring (bicyclic) bond motifs is 1. The van der Waals surface area contributed by atoms with Crippen molar-refractivity contribution in [2.24, 2.45) is 0 Å². The molecule has 146 valence electrons. The van der Waals surface area contributed by atoms with Crippen molar-refractivity contribution in [3.8, 4) is 0 Å². The minimum absolute atomic E-state index is 0.204. The molecule has 2 heterocycles. The number of imidazole rings is 1. The van der Waals surface area contributed by atoms with Gasteiger partial charge in [-0.15, -0.1) is 0 Å². The number of nitrogens with zero attached hydrogens (tertiary/aromatic N) is 3. The minimum Gasteiger partial charge on any atom is -0.325 e. The number of carbonyl (C=O) groups excluding carboxylic acids is 1. The van der Waals surface area contributed by atoms with Gasteiger partial charge >= 0.3 is 0 Å². The Kier molecular flexibility index (Phi) is 5.09. The second-order valence-electron chi connectivity index (χ2n) is 7.20. The lowest BCUT2D eigenvalue weighted by atomic mass is 10.0. The number of anilines is 1. The monoisotopic (exact) mass is 384 g/mol. The van der Waals surface area contributed by atoms with E-state index in [0.717, 1.165) is 37.3 Å². The molecule has 0 spiro atoms. The fraction of sp³-hybridized carbons (Fsp3) is 0.333. The van der Waals surface area contributed by atoms with Crippen LogP contribution >= 0.6 is 0 Å². The van der Waals surface area contributed by atoms with E-state index < -0.39 is 5.82 Å². The van der Waals surface area contributed by atoms with Crippen LogP contribution in [0.15, 0.2) is 42.5 Å². The highest BCUT2D eigenvalue weighted by atomic mass is 19.1. The lowest BCUT2D eigenvalue weighted by Crippen LogP contribution is -2.39. The zero-order valence-corrected chi connectivity index (χ0v) is 15.7. The van der Waals surface area contributed by atoms with E-state index in [0.29, 0.717) is 5.52 Å². The minimum atomic E-state index is -0.437. The molecule has 1 amide bonds. The molecule has 1 N–H and O–H groups in total. The van der Waals surface area contributed by atoms with Crippen LogP contribution in [0.2, 0.25) is 0 Å². The van der Waals surface area contributed by atoms with Gasteiger partial charge in [0.2, 0.25) is 5.91 Å². The van der Waals surface area contributed by atoms with Gasteiger partial charge in [0.05, 0.1) is 23.3 Å². The quantitative estimate of drug-likeness (QED) is 0.742. The molecule has 0 atom stereocenters. The molecule has 1 aromatic heterocycles. The summed E-state index contributed by atoms with van der Waals surface area (Å²) in [6.07, 6.45) is 1.74. The van der Waals surface area contributed by atoms with Crippen LogP contribution in [0.3, 0.4) is 0 Å². The van der Waals surface area contributed by atoms with Gasteiger partial charge in [-0.05, 0) is 44.0 Å². The zero-order chi connectivity index (χ0) is 19.7. The van der Waals surface area contributed by atoms with E-state index in [-0.39, 0.29) is 30.0 Å². The largest absolute Gasteiger partial charge is 0.325 e. The van der Waals surface area contributed by atoms with Gasteiger partial charge in [0.25, 0.3) is 0 Å². The highest BCUT2D eigenvalue weighted by Crippen LogP contribution is 2.29. The number of likely N-dealkylation sites (tertiary alicyclic amines) is 1. The summed E-state index contributed by atoms with van der Waals surface area (Å²) >= 11 is 0. The Hall–Kier alpha value is -2.80. The van der Waals surface area contributed by atoms with E-state index in [4.69, 9.17) is 0 Å². The highest BCUT2D eigenvalue weighted by Gasteiger charge is 2.24. The third kappa shape index (κ3) is 3.75. The van der Waals surface area contributed by atoms with Gasteiger partial charge in [-0.2, -0.15) is 0 Å². The number of benzene rings is 2. The highest BCUT2D eigenvalue weighted by molar-refractivity contribution is 5.92. The van der Waals surface area contributed by atoms with Crippen LogP contribution in [0.4, 0.5) is 14.5 Å². The SMILES string of the molecule is Cc1nc2cc(F)ccc2n1C1CCN(CC(=O)Nc2ccccc2F)CC1. The van der Waals surface area contributed by atoms with E-state index in [2.05, 4.69) is 19.8 Å². The number of halogens is 2. The third-order valence-corrected chi connectivity index (χ3v) is 5.27. The number of hydrogen-bond donors (Lipinski definition) is 1. The van der Waals surface area contributed by atoms with Crippen LogP contribution in [-0.2, 0) is 4.79 Å². The Balaban J connectivity index is 1.38. The Labute approximate surface area is 162 Å². The van der Waals surface area contributed by atoms with E-state index in [9.17, 15) is 13.6 Å². The van der Waals surface area contributed by atoms with Crippen molar-refractivity contribution in [1.29, 1.82) is 0 Å². The Morgan fingerprint density at radius 1 is 1.18 bits per heavy atom. The summed E-state index contributed by atoms with van der Waals surface area (Å²) in [6.45, 7) is 3.69. The maximum absolute atomic E-state index is 13.7. The molecule has 0 bridgehead atoms. The fourth-order valence-corrected chi connectivity index (χ4v) is 3.94. The Morgan fingerprint density at radius 3 is 2.68 bits per heavy atom. The van der Waals surface area contributed by atoms with Crippen LogP contribution in [0, 0.1) is 18.6 Å². The van der Waals surface area contributed by atoms with Crippen molar-refractivity contribution in [3.05, 3.63) is 59.9 Å². The van der Waals surface area contributed by atoms with Gasteiger partial charge in [-0.3, -0.25) is 9.69 Å². The third-order valence-electron chi connectivity index (χ3n) is 5.27. The predicted octanol–water partition coefficient (Wildman–Crippen LogP) is 3.90. The van der Waals surface area contributed by atoms with Crippen molar-refractivity contribution in [2.75, 3.05) is 25.0 Å². The van der Waals surface area contributed by atoms with Gasteiger partial charge < -0.3 is 9.88 Å². The molecular formula is C21H22F2N4O. The molecule has 0 unspecified atom stereocenters. The lowest BCUT2D eigenvalue weighted by molar-refractivity contribution is -0.117. The summed E-state index contributed by atoms with van der Waals surface area (Å²) in [7, 11) is 0. The van der Waals surface area contributed by atoms with Crippen LogP contribution in [0.1, 0.15) is 24.7 Å². The molecule has 5 nitrogen and oxygen atoms in total. The molecule has 0 radical (unpaired) electrons. The van der Waals surface area contributed by atoms with Crippen molar-refractivity contribution in [2.45, 2.75) is 25.8 Å². The Bertz CT molecular complexity index is 1010. The van der Waals surface area contributed by atoms with Crippen molar-refractivity contribution in [1.82, 2.24) is 14.5 Å². The van der Waals surface area contributed by atoms with Crippen LogP contribution < -0.4 is 5.32 Å². The number of aromatic nitrogens is 2. The van der Waals surface area contributed by atoms with Crippen molar-refractivity contribution >= 4 is 22.6 Å². The van der Waals surface area contributed by atoms with Crippen LogP contribution in [0.25, 0.3) is 11.0 Å². The molecule has 3 aromatic rings. The molecule has 2 aromatic carbocycles. The summed E-state index contributed by atoms with van der Waals surface area (Å²) in [5.41, 5.74) is 1.81. The average molecular weight is 384 g/mol. The number of nitrogens with one attached hydrogen (secondary N) is 1. The van der Waals surface area contributed by atoms with Crippen LogP contribution in [0.5, 0.6) is 0 Å². The molecule has 0 saturated carbocycles. The number of rotatable bonds is 4. The second-order valence-corrected chi connectivity index (χ2v) is 7.20. The number of amides is 1. The molecule has 4 rings (SSSR count). The summed E-state index contributed by atoms with van der Waals surface area (Å²) in [5, 5.41) is 2.63. The first-order chi connectivity index (χ1) is 13.5. The van der Waals surface area contributed by atoms with Crippen LogP contribution in [-0.4, -0.2) is 40.0 Å². The first-order valence-electron chi connectivity index (χ1n) is 9.42. The summed E-state index contributed by atoms with van der Waals surface area (Å²) in [5.74, 6) is -0.0686.